The number of ether oxygens (including phenoxy) is 1. The second kappa shape index (κ2) is 5.12. The average Bonchev–Trinajstić information content (AvgIpc) is 2.90. The van der Waals surface area contributed by atoms with Gasteiger partial charge in [0, 0.05) is 6.20 Å². The van der Waals surface area contributed by atoms with E-state index in [2.05, 4.69) is 4.98 Å². The van der Waals surface area contributed by atoms with E-state index < -0.39 is 0 Å². The zero-order valence-corrected chi connectivity index (χ0v) is 10.4. The van der Waals surface area contributed by atoms with Crippen LogP contribution in [0.25, 0.3) is 5.52 Å². The van der Waals surface area contributed by atoms with Gasteiger partial charge in [-0.05, 0) is 17.7 Å². The maximum absolute atomic E-state index is 9.20. The Balaban J connectivity index is 1.87. The smallest absolute Gasteiger partial charge is 0.145 e. The number of hydrogen-bond acceptors (Lipinski definition) is 3. The zero-order valence-electron chi connectivity index (χ0n) is 10.4. The Labute approximate surface area is 110 Å². The molecule has 0 aliphatic heterocycles. The summed E-state index contributed by atoms with van der Waals surface area (Å²) in [5.41, 5.74) is 1.98. The number of imidazole rings is 1. The molecule has 4 heteroatoms. The van der Waals surface area contributed by atoms with Crippen molar-refractivity contribution in [2.24, 2.45) is 0 Å². The third-order valence-corrected chi connectivity index (χ3v) is 2.99. The van der Waals surface area contributed by atoms with Gasteiger partial charge in [-0.3, -0.25) is 4.40 Å². The molecule has 0 bridgehead atoms. The molecule has 0 spiro atoms. The van der Waals surface area contributed by atoms with Gasteiger partial charge in [0.1, 0.15) is 30.3 Å². The Kier molecular flexibility index (Phi) is 3.16. The molecular formula is C15H14N2O2. The highest BCUT2D eigenvalue weighted by Crippen LogP contribution is 2.21. The van der Waals surface area contributed by atoms with Crippen molar-refractivity contribution in [1.29, 1.82) is 0 Å². The number of aromatic nitrogens is 2. The molecule has 3 aromatic rings. The van der Waals surface area contributed by atoms with Crippen LogP contribution in [-0.2, 0) is 13.2 Å². The molecule has 0 fully saturated rings. The first-order valence-electron chi connectivity index (χ1n) is 6.11. The van der Waals surface area contributed by atoms with E-state index in [0.29, 0.717) is 12.4 Å². The molecule has 0 saturated carbocycles. The van der Waals surface area contributed by atoms with Crippen molar-refractivity contribution < 1.29 is 9.84 Å². The monoisotopic (exact) mass is 254 g/mol. The molecule has 0 amide bonds. The highest BCUT2D eigenvalue weighted by Gasteiger charge is 2.07. The number of hydrogen-bond donors (Lipinski definition) is 1. The summed E-state index contributed by atoms with van der Waals surface area (Å²) in [4.78, 5) is 4.16. The molecule has 19 heavy (non-hydrogen) atoms. The number of rotatable bonds is 4. The van der Waals surface area contributed by atoms with Crippen molar-refractivity contribution in [3.63, 3.8) is 0 Å². The quantitative estimate of drug-likeness (QED) is 0.777. The van der Waals surface area contributed by atoms with Gasteiger partial charge in [0.2, 0.25) is 0 Å². The van der Waals surface area contributed by atoms with Crippen LogP contribution in [0.2, 0.25) is 0 Å². The number of nitrogens with zero attached hydrogens (tertiary/aromatic N) is 2. The lowest BCUT2D eigenvalue weighted by Gasteiger charge is -2.08. The second-order valence-electron chi connectivity index (χ2n) is 4.23. The van der Waals surface area contributed by atoms with E-state index in [9.17, 15) is 5.11 Å². The summed E-state index contributed by atoms with van der Waals surface area (Å²) in [7, 11) is 0. The summed E-state index contributed by atoms with van der Waals surface area (Å²) >= 11 is 0. The molecule has 0 aliphatic rings. The van der Waals surface area contributed by atoms with Crippen molar-refractivity contribution >= 4 is 5.52 Å². The minimum Gasteiger partial charge on any atom is -0.487 e. The highest BCUT2D eigenvalue weighted by molar-refractivity contribution is 5.59. The summed E-state index contributed by atoms with van der Waals surface area (Å²) in [6.07, 6.45) is 3.58. The highest BCUT2D eigenvalue weighted by atomic mass is 16.5. The standard InChI is InChI=1S/C15H14N2O2/c18-10-15-16-9-13-14(7-4-8-17(13)15)19-11-12-5-2-1-3-6-12/h1-9,18H,10-11H2. The minimum absolute atomic E-state index is 0.0870. The Bertz CT molecular complexity index is 677. The molecule has 0 atom stereocenters. The van der Waals surface area contributed by atoms with Gasteiger partial charge in [0.15, 0.2) is 0 Å². The van der Waals surface area contributed by atoms with Crippen LogP contribution in [0.1, 0.15) is 11.4 Å². The molecule has 0 saturated heterocycles. The van der Waals surface area contributed by atoms with Crippen molar-refractivity contribution in [2.45, 2.75) is 13.2 Å². The van der Waals surface area contributed by atoms with Crippen molar-refractivity contribution in [2.75, 3.05) is 0 Å². The number of pyridine rings is 1. The number of aliphatic hydroxyl groups excluding tert-OH is 1. The fraction of sp³-hybridized carbons (Fsp3) is 0.133. The normalized spacial score (nSPS) is 10.8. The first-order valence-corrected chi connectivity index (χ1v) is 6.11. The lowest BCUT2D eigenvalue weighted by Crippen LogP contribution is -1.98. The van der Waals surface area contributed by atoms with Gasteiger partial charge in [-0.15, -0.1) is 0 Å². The van der Waals surface area contributed by atoms with Gasteiger partial charge in [0.25, 0.3) is 0 Å². The first kappa shape index (κ1) is 11.7. The number of fused-ring (bicyclic) bond motifs is 1. The van der Waals surface area contributed by atoms with E-state index in [4.69, 9.17) is 4.74 Å². The maximum Gasteiger partial charge on any atom is 0.145 e. The second-order valence-corrected chi connectivity index (χ2v) is 4.23. The van der Waals surface area contributed by atoms with Crippen LogP contribution >= 0.6 is 0 Å². The molecule has 3 rings (SSSR count). The third-order valence-electron chi connectivity index (χ3n) is 2.99. The van der Waals surface area contributed by atoms with Crippen LogP contribution in [0, 0.1) is 0 Å². The van der Waals surface area contributed by atoms with Crippen LogP contribution in [0.4, 0.5) is 0 Å². The summed E-state index contributed by atoms with van der Waals surface area (Å²) in [5.74, 6) is 1.37. The molecule has 0 radical (unpaired) electrons. The van der Waals surface area contributed by atoms with E-state index in [-0.39, 0.29) is 6.61 Å². The third kappa shape index (κ3) is 2.30. The van der Waals surface area contributed by atoms with Gasteiger partial charge < -0.3 is 9.84 Å². The molecular weight excluding hydrogens is 240 g/mol. The Morgan fingerprint density at radius 3 is 2.74 bits per heavy atom. The molecule has 1 aromatic carbocycles. The molecule has 2 aromatic heterocycles. The van der Waals surface area contributed by atoms with Crippen LogP contribution in [-0.4, -0.2) is 14.5 Å². The van der Waals surface area contributed by atoms with Crippen LogP contribution in [0.5, 0.6) is 5.75 Å². The summed E-state index contributed by atoms with van der Waals surface area (Å²) in [5, 5.41) is 9.20. The molecule has 2 heterocycles. The fourth-order valence-corrected chi connectivity index (χ4v) is 2.02. The van der Waals surface area contributed by atoms with Crippen LogP contribution in [0.15, 0.2) is 54.9 Å². The van der Waals surface area contributed by atoms with Gasteiger partial charge in [-0.25, -0.2) is 4.98 Å². The SMILES string of the molecule is OCc1ncc2c(OCc3ccccc3)cccn12. The first-order chi connectivity index (χ1) is 9.38. The van der Waals surface area contributed by atoms with E-state index in [0.717, 1.165) is 16.8 Å². The molecule has 96 valence electrons. The molecule has 4 nitrogen and oxygen atoms in total. The van der Waals surface area contributed by atoms with E-state index >= 15 is 0 Å². The average molecular weight is 254 g/mol. The summed E-state index contributed by atoms with van der Waals surface area (Å²) < 4.78 is 7.65. The predicted molar refractivity (Wildman–Crippen MR) is 71.9 cm³/mol. The van der Waals surface area contributed by atoms with Crippen LogP contribution in [0.3, 0.4) is 0 Å². The number of benzene rings is 1. The minimum atomic E-state index is -0.0870. The van der Waals surface area contributed by atoms with E-state index in [1.807, 2.05) is 53.1 Å². The maximum atomic E-state index is 9.20. The van der Waals surface area contributed by atoms with Gasteiger partial charge in [-0.1, -0.05) is 30.3 Å². The number of aliphatic hydroxyl groups is 1. The Hall–Kier alpha value is -2.33. The summed E-state index contributed by atoms with van der Waals surface area (Å²) in [6, 6.07) is 13.8. The predicted octanol–water partition coefficient (Wildman–Crippen LogP) is 2.41. The van der Waals surface area contributed by atoms with Crippen molar-refractivity contribution in [1.82, 2.24) is 9.38 Å². The lowest BCUT2D eigenvalue weighted by molar-refractivity contribution is 0.270. The largest absolute Gasteiger partial charge is 0.487 e. The van der Waals surface area contributed by atoms with E-state index in [1.165, 1.54) is 0 Å². The Morgan fingerprint density at radius 2 is 1.95 bits per heavy atom. The van der Waals surface area contributed by atoms with Gasteiger partial charge in [-0.2, -0.15) is 0 Å². The Morgan fingerprint density at radius 1 is 1.11 bits per heavy atom. The lowest BCUT2D eigenvalue weighted by atomic mass is 10.2. The molecule has 0 unspecified atom stereocenters. The molecule has 1 N–H and O–H groups in total. The topological polar surface area (TPSA) is 46.8 Å². The van der Waals surface area contributed by atoms with E-state index in [1.54, 1.807) is 6.20 Å². The van der Waals surface area contributed by atoms with Crippen molar-refractivity contribution in [3.8, 4) is 5.75 Å². The zero-order chi connectivity index (χ0) is 13.1. The molecule has 0 aliphatic carbocycles. The fourth-order valence-electron chi connectivity index (χ4n) is 2.02. The van der Waals surface area contributed by atoms with Gasteiger partial charge in [0.05, 0.1) is 6.20 Å². The van der Waals surface area contributed by atoms with Crippen LogP contribution < -0.4 is 4.74 Å². The van der Waals surface area contributed by atoms with Gasteiger partial charge >= 0.3 is 0 Å². The summed E-state index contributed by atoms with van der Waals surface area (Å²) in [6.45, 7) is 0.427. The van der Waals surface area contributed by atoms with Crippen molar-refractivity contribution in [3.05, 3.63) is 66.2 Å².